The highest BCUT2D eigenvalue weighted by Crippen LogP contribution is 2.34. The second-order valence-corrected chi connectivity index (χ2v) is 5.75. The molecule has 0 aliphatic rings. The fourth-order valence-electron chi connectivity index (χ4n) is 2.39. The van der Waals surface area contributed by atoms with Gasteiger partial charge in [-0.3, -0.25) is 4.79 Å². The van der Waals surface area contributed by atoms with Gasteiger partial charge in [0.25, 0.3) is 5.91 Å². The zero-order valence-electron chi connectivity index (χ0n) is 12.7. The Morgan fingerprint density at radius 1 is 1.16 bits per heavy atom. The van der Waals surface area contributed by atoms with Crippen LogP contribution in [0, 0.1) is 12.7 Å². The van der Waals surface area contributed by atoms with Gasteiger partial charge < -0.3 is 9.73 Å². The Labute approximate surface area is 144 Å². The molecule has 0 saturated carbocycles. The van der Waals surface area contributed by atoms with Gasteiger partial charge in [-0.25, -0.2) is 4.39 Å². The zero-order valence-corrected chi connectivity index (χ0v) is 13.4. The molecule has 0 bridgehead atoms. The summed E-state index contributed by atoms with van der Waals surface area (Å²) in [6.07, 6.45) is -4.57. The number of furan rings is 1. The average Bonchev–Trinajstić information content (AvgIpc) is 2.85. The predicted octanol–water partition coefficient (Wildman–Crippen LogP) is 5.80. The van der Waals surface area contributed by atoms with Crippen molar-refractivity contribution in [1.82, 2.24) is 0 Å². The molecule has 1 heterocycles. The van der Waals surface area contributed by atoms with E-state index >= 15 is 0 Å². The minimum Gasteiger partial charge on any atom is -0.451 e. The molecule has 0 radical (unpaired) electrons. The molecule has 2 aromatic carbocycles. The SMILES string of the molecule is Cc1c(C(=O)Nc2cc(C(F)(F)F)ccc2Cl)oc2ccc(F)cc12. The molecule has 0 aliphatic carbocycles. The number of fused-ring (bicyclic) bond motifs is 1. The Balaban J connectivity index is 1.97. The summed E-state index contributed by atoms with van der Waals surface area (Å²) in [7, 11) is 0. The lowest BCUT2D eigenvalue weighted by Gasteiger charge is -2.11. The minimum atomic E-state index is -4.57. The van der Waals surface area contributed by atoms with Crippen LogP contribution in [-0.2, 0) is 6.18 Å². The molecule has 3 nitrogen and oxygen atoms in total. The van der Waals surface area contributed by atoms with Gasteiger partial charge in [0.1, 0.15) is 11.4 Å². The van der Waals surface area contributed by atoms with Crippen LogP contribution in [0.25, 0.3) is 11.0 Å². The molecule has 0 fully saturated rings. The number of alkyl halides is 3. The van der Waals surface area contributed by atoms with Gasteiger partial charge in [0.15, 0.2) is 5.76 Å². The fourth-order valence-corrected chi connectivity index (χ4v) is 2.55. The van der Waals surface area contributed by atoms with E-state index in [4.69, 9.17) is 16.0 Å². The fraction of sp³-hybridized carbons (Fsp3) is 0.118. The lowest BCUT2D eigenvalue weighted by molar-refractivity contribution is -0.137. The van der Waals surface area contributed by atoms with Crippen LogP contribution in [-0.4, -0.2) is 5.91 Å². The first-order chi connectivity index (χ1) is 11.7. The second kappa shape index (κ2) is 6.07. The molecule has 3 aromatic rings. The number of aryl methyl sites for hydroxylation is 1. The zero-order chi connectivity index (χ0) is 18.4. The van der Waals surface area contributed by atoms with Gasteiger partial charge in [-0.15, -0.1) is 0 Å². The maximum atomic E-state index is 13.3. The summed E-state index contributed by atoms with van der Waals surface area (Å²) < 4.78 is 57.1. The van der Waals surface area contributed by atoms with E-state index in [0.29, 0.717) is 16.5 Å². The number of carbonyl (C=O) groups excluding carboxylic acids is 1. The molecule has 25 heavy (non-hydrogen) atoms. The Morgan fingerprint density at radius 3 is 2.56 bits per heavy atom. The van der Waals surface area contributed by atoms with Crippen molar-refractivity contribution in [2.45, 2.75) is 13.1 Å². The number of amides is 1. The molecule has 0 unspecified atom stereocenters. The lowest BCUT2D eigenvalue weighted by Crippen LogP contribution is -2.14. The number of benzene rings is 2. The minimum absolute atomic E-state index is 0.0545. The van der Waals surface area contributed by atoms with Gasteiger partial charge in [-0.2, -0.15) is 13.2 Å². The van der Waals surface area contributed by atoms with E-state index in [1.807, 2.05) is 0 Å². The standard InChI is InChI=1S/C17H10ClF4NO2/c1-8-11-7-10(19)3-5-14(11)25-15(8)16(24)23-13-6-9(17(20,21)22)2-4-12(13)18/h2-7H,1H3,(H,23,24). The Morgan fingerprint density at radius 2 is 1.88 bits per heavy atom. The number of rotatable bonds is 2. The number of anilines is 1. The monoisotopic (exact) mass is 371 g/mol. The van der Waals surface area contributed by atoms with Gasteiger partial charge in [-0.05, 0) is 43.3 Å². The van der Waals surface area contributed by atoms with E-state index in [9.17, 15) is 22.4 Å². The van der Waals surface area contributed by atoms with Gasteiger partial charge >= 0.3 is 6.18 Å². The Bertz CT molecular complexity index is 979. The van der Waals surface area contributed by atoms with Crippen molar-refractivity contribution in [1.29, 1.82) is 0 Å². The molecule has 3 rings (SSSR count). The van der Waals surface area contributed by atoms with Crippen LogP contribution in [0.2, 0.25) is 5.02 Å². The highest BCUT2D eigenvalue weighted by atomic mass is 35.5. The first-order valence-electron chi connectivity index (χ1n) is 7.03. The van der Waals surface area contributed by atoms with Crippen molar-refractivity contribution in [2.75, 3.05) is 5.32 Å². The third-order valence-electron chi connectivity index (χ3n) is 3.65. The molecule has 1 aromatic heterocycles. The quantitative estimate of drug-likeness (QED) is 0.578. The predicted molar refractivity (Wildman–Crippen MR) is 85.3 cm³/mol. The van der Waals surface area contributed by atoms with E-state index < -0.39 is 23.5 Å². The van der Waals surface area contributed by atoms with Crippen molar-refractivity contribution < 1.29 is 26.8 Å². The Hall–Kier alpha value is -2.54. The third-order valence-corrected chi connectivity index (χ3v) is 3.98. The van der Waals surface area contributed by atoms with Crippen LogP contribution in [0.1, 0.15) is 21.7 Å². The van der Waals surface area contributed by atoms with E-state index in [1.54, 1.807) is 6.92 Å². The van der Waals surface area contributed by atoms with Crippen LogP contribution in [0.15, 0.2) is 40.8 Å². The number of nitrogens with one attached hydrogen (secondary N) is 1. The third kappa shape index (κ3) is 3.32. The molecule has 0 atom stereocenters. The maximum absolute atomic E-state index is 13.3. The second-order valence-electron chi connectivity index (χ2n) is 5.34. The average molecular weight is 372 g/mol. The summed E-state index contributed by atoms with van der Waals surface area (Å²) in [6.45, 7) is 1.55. The lowest BCUT2D eigenvalue weighted by atomic mass is 10.1. The summed E-state index contributed by atoms with van der Waals surface area (Å²) in [4.78, 5) is 12.4. The number of hydrogen-bond donors (Lipinski definition) is 1. The molecule has 0 aliphatic heterocycles. The molecule has 1 N–H and O–H groups in total. The highest BCUT2D eigenvalue weighted by Gasteiger charge is 2.31. The van der Waals surface area contributed by atoms with E-state index in [1.165, 1.54) is 18.2 Å². The van der Waals surface area contributed by atoms with Crippen LogP contribution in [0.5, 0.6) is 0 Å². The molecule has 0 spiro atoms. The molecule has 8 heteroatoms. The van der Waals surface area contributed by atoms with E-state index in [-0.39, 0.29) is 16.5 Å². The maximum Gasteiger partial charge on any atom is 0.416 e. The summed E-state index contributed by atoms with van der Waals surface area (Å²) in [5.74, 6) is -1.41. The van der Waals surface area contributed by atoms with Gasteiger partial charge in [0.2, 0.25) is 0 Å². The van der Waals surface area contributed by atoms with Crippen molar-refractivity contribution in [3.05, 3.63) is 64.1 Å². The van der Waals surface area contributed by atoms with Crippen LogP contribution < -0.4 is 5.32 Å². The summed E-state index contributed by atoms with van der Waals surface area (Å²) in [5.41, 5.74) is -0.489. The number of hydrogen-bond acceptors (Lipinski definition) is 2. The van der Waals surface area contributed by atoms with Crippen molar-refractivity contribution in [2.24, 2.45) is 0 Å². The summed E-state index contributed by atoms with van der Waals surface area (Å²) in [6, 6.07) is 6.34. The largest absolute Gasteiger partial charge is 0.451 e. The van der Waals surface area contributed by atoms with Crippen LogP contribution in [0.3, 0.4) is 0 Å². The Kier molecular flexibility index (Phi) is 4.20. The molecule has 0 saturated heterocycles. The molecule has 1 amide bonds. The first-order valence-corrected chi connectivity index (χ1v) is 7.41. The number of carbonyl (C=O) groups is 1. The van der Waals surface area contributed by atoms with E-state index in [2.05, 4.69) is 5.32 Å². The van der Waals surface area contributed by atoms with Gasteiger partial charge in [-0.1, -0.05) is 11.6 Å². The summed E-state index contributed by atoms with van der Waals surface area (Å²) in [5, 5.41) is 2.65. The van der Waals surface area contributed by atoms with Gasteiger partial charge in [0, 0.05) is 10.9 Å². The first kappa shape index (κ1) is 17.3. The van der Waals surface area contributed by atoms with Crippen molar-refractivity contribution in [3.63, 3.8) is 0 Å². The van der Waals surface area contributed by atoms with Crippen molar-refractivity contribution in [3.8, 4) is 0 Å². The van der Waals surface area contributed by atoms with Crippen molar-refractivity contribution >= 4 is 34.2 Å². The molecule has 130 valence electrons. The van der Waals surface area contributed by atoms with Gasteiger partial charge in [0.05, 0.1) is 16.3 Å². The normalized spacial score (nSPS) is 11.8. The topological polar surface area (TPSA) is 42.2 Å². The van der Waals surface area contributed by atoms with Crippen LogP contribution >= 0.6 is 11.6 Å². The number of halogens is 5. The smallest absolute Gasteiger partial charge is 0.416 e. The highest BCUT2D eigenvalue weighted by molar-refractivity contribution is 6.34. The van der Waals surface area contributed by atoms with E-state index in [0.717, 1.165) is 18.2 Å². The molecular formula is C17H10ClF4NO2. The summed E-state index contributed by atoms with van der Waals surface area (Å²) >= 11 is 5.85. The molecular weight excluding hydrogens is 362 g/mol. The van der Waals surface area contributed by atoms with Crippen LogP contribution in [0.4, 0.5) is 23.2 Å².